The predicted octanol–water partition coefficient (Wildman–Crippen LogP) is 1.67. The van der Waals surface area contributed by atoms with Gasteiger partial charge in [-0.05, 0) is 6.92 Å². The van der Waals surface area contributed by atoms with E-state index in [4.69, 9.17) is 5.73 Å². The molecule has 0 radical (unpaired) electrons. The number of rotatable bonds is 3. The maximum Gasteiger partial charge on any atom is 0.182 e. The highest BCUT2D eigenvalue weighted by Gasteiger charge is 1.93. The van der Waals surface area contributed by atoms with Crippen LogP contribution in [-0.4, -0.2) is 18.1 Å². The van der Waals surface area contributed by atoms with E-state index in [0.29, 0.717) is 6.54 Å². The Kier molecular flexibility index (Phi) is 9.19. The molecule has 0 atom stereocenters. The first-order valence-corrected chi connectivity index (χ1v) is 4.07. The molecular weight excluding hydrogens is 217 g/mol. The quantitative estimate of drug-likeness (QED) is 0.830. The van der Waals surface area contributed by atoms with E-state index in [2.05, 4.69) is 10.3 Å². The molecule has 1 heterocycles. The Balaban J connectivity index is 0. The molecule has 6 heteroatoms. The number of hydrogen-bond donors (Lipinski definition) is 2. The van der Waals surface area contributed by atoms with E-state index in [9.17, 15) is 0 Å². The van der Waals surface area contributed by atoms with Gasteiger partial charge in [-0.2, -0.15) is 0 Å². The van der Waals surface area contributed by atoms with Crippen molar-refractivity contribution in [3.8, 4) is 0 Å². The van der Waals surface area contributed by atoms with Gasteiger partial charge in [-0.3, -0.25) is 0 Å². The number of nitrogens with zero attached hydrogens (tertiary/aromatic N) is 1. The van der Waals surface area contributed by atoms with Gasteiger partial charge in [0, 0.05) is 18.5 Å². The average Bonchev–Trinajstić information content (AvgIpc) is 2.31. The summed E-state index contributed by atoms with van der Waals surface area (Å²) in [6, 6.07) is 0. The number of nitrogens with one attached hydrogen (secondary N) is 1. The first kappa shape index (κ1) is 14.5. The summed E-state index contributed by atoms with van der Waals surface area (Å²) in [5, 5.41) is 6.07. The Hall–Kier alpha value is -0.0300. The molecule has 0 bridgehead atoms. The van der Waals surface area contributed by atoms with E-state index < -0.39 is 0 Å². The van der Waals surface area contributed by atoms with Crippen LogP contribution >= 0.6 is 36.2 Å². The summed E-state index contributed by atoms with van der Waals surface area (Å²) in [4.78, 5) is 4.20. The summed E-state index contributed by atoms with van der Waals surface area (Å²) in [6.07, 6.45) is 0. The minimum Gasteiger partial charge on any atom is -0.360 e. The van der Waals surface area contributed by atoms with Crippen molar-refractivity contribution in [3.63, 3.8) is 0 Å². The van der Waals surface area contributed by atoms with Crippen molar-refractivity contribution in [3.05, 3.63) is 11.1 Å². The van der Waals surface area contributed by atoms with Crippen LogP contribution in [0.3, 0.4) is 0 Å². The van der Waals surface area contributed by atoms with Crippen LogP contribution in [0.4, 0.5) is 5.13 Å². The number of nitrogens with two attached hydrogens (primary N) is 1. The molecule has 0 fully saturated rings. The second-order valence-corrected chi connectivity index (χ2v) is 2.87. The monoisotopic (exact) mass is 229 g/mol. The highest BCUT2D eigenvalue weighted by molar-refractivity contribution is 7.13. The lowest BCUT2D eigenvalue weighted by molar-refractivity contribution is 1.02. The molecular formula is C6H13Cl2N3S. The van der Waals surface area contributed by atoms with Crippen molar-refractivity contribution in [2.75, 3.05) is 18.4 Å². The van der Waals surface area contributed by atoms with E-state index in [-0.39, 0.29) is 24.8 Å². The molecule has 3 nitrogen and oxygen atoms in total. The lowest BCUT2D eigenvalue weighted by Crippen LogP contribution is -2.12. The summed E-state index contributed by atoms with van der Waals surface area (Å²) in [5.74, 6) is 0. The Morgan fingerprint density at radius 3 is 2.67 bits per heavy atom. The molecule has 0 aromatic carbocycles. The second-order valence-electron chi connectivity index (χ2n) is 2.01. The Labute approximate surface area is 88.6 Å². The lowest BCUT2D eigenvalue weighted by Gasteiger charge is -1.96. The standard InChI is InChI=1S/C6H11N3S.2ClH/c1-5-4-10-6(9-5)8-3-2-7;;/h4H,2-3,7H2,1H3,(H,8,9);2*1H. The molecule has 1 aromatic heterocycles. The summed E-state index contributed by atoms with van der Waals surface area (Å²) < 4.78 is 0. The molecule has 0 saturated carbocycles. The predicted molar refractivity (Wildman–Crippen MR) is 58.9 cm³/mol. The summed E-state index contributed by atoms with van der Waals surface area (Å²) in [5.41, 5.74) is 6.36. The Bertz CT molecular complexity index is 204. The lowest BCUT2D eigenvalue weighted by atomic mass is 10.6. The van der Waals surface area contributed by atoms with Gasteiger partial charge in [-0.25, -0.2) is 4.98 Å². The molecule has 0 aliphatic rings. The summed E-state index contributed by atoms with van der Waals surface area (Å²) in [6.45, 7) is 3.43. The normalized spacial score (nSPS) is 8.17. The van der Waals surface area contributed by atoms with Gasteiger partial charge in [0.2, 0.25) is 0 Å². The van der Waals surface area contributed by atoms with Gasteiger partial charge in [0.15, 0.2) is 5.13 Å². The van der Waals surface area contributed by atoms with E-state index in [0.717, 1.165) is 17.4 Å². The zero-order valence-electron chi connectivity index (χ0n) is 6.74. The molecule has 0 unspecified atom stereocenters. The van der Waals surface area contributed by atoms with Crippen LogP contribution in [0.2, 0.25) is 0 Å². The van der Waals surface area contributed by atoms with Gasteiger partial charge in [-0.1, -0.05) is 0 Å². The fraction of sp³-hybridized carbons (Fsp3) is 0.500. The fourth-order valence-corrected chi connectivity index (χ4v) is 1.33. The van der Waals surface area contributed by atoms with Crippen molar-refractivity contribution >= 4 is 41.3 Å². The highest BCUT2D eigenvalue weighted by atomic mass is 35.5. The van der Waals surface area contributed by atoms with Crippen LogP contribution in [0.25, 0.3) is 0 Å². The van der Waals surface area contributed by atoms with Crippen LogP contribution in [0, 0.1) is 6.92 Å². The van der Waals surface area contributed by atoms with Crippen molar-refractivity contribution in [2.24, 2.45) is 5.73 Å². The molecule has 0 saturated heterocycles. The molecule has 3 N–H and O–H groups in total. The topological polar surface area (TPSA) is 50.9 Å². The molecule has 0 spiro atoms. The minimum atomic E-state index is 0. The molecule has 72 valence electrons. The number of halogens is 2. The summed E-state index contributed by atoms with van der Waals surface area (Å²) in [7, 11) is 0. The largest absolute Gasteiger partial charge is 0.360 e. The van der Waals surface area contributed by atoms with E-state index in [1.807, 2.05) is 12.3 Å². The van der Waals surface area contributed by atoms with E-state index in [1.54, 1.807) is 11.3 Å². The van der Waals surface area contributed by atoms with Crippen molar-refractivity contribution < 1.29 is 0 Å². The second kappa shape index (κ2) is 7.61. The first-order chi connectivity index (χ1) is 4.83. The van der Waals surface area contributed by atoms with E-state index >= 15 is 0 Å². The number of thiazole rings is 1. The molecule has 12 heavy (non-hydrogen) atoms. The Morgan fingerprint density at radius 1 is 1.58 bits per heavy atom. The van der Waals surface area contributed by atoms with Gasteiger partial charge in [0.1, 0.15) is 0 Å². The van der Waals surface area contributed by atoms with Crippen molar-refractivity contribution in [1.29, 1.82) is 0 Å². The first-order valence-electron chi connectivity index (χ1n) is 3.19. The maximum atomic E-state index is 5.30. The average molecular weight is 230 g/mol. The Morgan fingerprint density at radius 2 is 2.25 bits per heavy atom. The van der Waals surface area contributed by atoms with Crippen LogP contribution in [0.1, 0.15) is 5.69 Å². The van der Waals surface area contributed by atoms with Gasteiger partial charge in [0.25, 0.3) is 0 Å². The van der Waals surface area contributed by atoms with Gasteiger partial charge in [-0.15, -0.1) is 36.2 Å². The molecule has 1 rings (SSSR count). The SMILES string of the molecule is Cc1csc(NCCN)n1.Cl.Cl. The zero-order chi connectivity index (χ0) is 7.40. The molecule has 0 aliphatic heterocycles. The molecule has 1 aromatic rings. The van der Waals surface area contributed by atoms with Gasteiger partial charge in [0.05, 0.1) is 5.69 Å². The minimum absolute atomic E-state index is 0. The fourth-order valence-electron chi connectivity index (χ4n) is 0.614. The maximum absolute atomic E-state index is 5.30. The van der Waals surface area contributed by atoms with E-state index in [1.165, 1.54) is 0 Å². The number of hydrogen-bond acceptors (Lipinski definition) is 4. The van der Waals surface area contributed by atoms with Crippen molar-refractivity contribution in [1.82, 2.24) is 4.98 Å². The third-order valence-corrected chi connectivity index (χ3v) is 1.96. The van der Waals surface area contributed by atoms with Gasteiger partial charge >= 0.3 is 0 Å². The van der Waals surface area contributed by atoms with Crippen LogP contribution < -0.4 is 11.1 Å². The third kappa shape index (κ3) is 4.77. The molecule has 0 amide bonds. The molecule has 0 aliphatic carbocycles. The van der Waals surface area contributed by atoms with Crippen LogP contribution in [-0.2, 0) is 0 Å². The number of anilines is 1. The smallest absolute Gasteiger partial charge is 0.182 e. The van der Waals surface area contributed by atoms with Crippen LogP contribution in [0.15, 0.2) is 5.38 Å². The highest BCUT2D eigenvalue weighted by Crippen LogP contribution is 2.13. The summed E-state index contributed by atoms with van der Waals surface area (Å²) >= 11 is 1.61. The van der Waals surface area contributed by atoms with Crippen LogP contribution in [0.5, 0.6) is 0 Å². The van der Waals surface area contributed by atoms with Crippen molar-refractivity contribution in [2.45, 2.75) is 6.92 Å². The van der Waals surface area contributed by atoms with Gasteiger partial charge < -0.3 is 11.1 Å². The number of aromatic nitrogens is 1. The number of aryl methyl sites for hydroxylation is 1. The zero-order valence-corrected chi connectivity index (χ0v) is 9.19. The third-order valence-electron chi connectivity index (χ3n) is 1.04.